The van der Waals surface area contributed by atoms with Crippen molar-refractivity contribution in [3.63, 3.8) is 0 Å². The van der Waals surface area contributed by atoms with Crippen LogP contribution in [0.1, 0.15) is 12.5 Å². The van der Waals surface area contributed by atoms with E-state index >= 15 is 0 Å². The van der Waals surface area contributed by atoms with Gasteiger partial charge >= 0.3 is 0 Å². The van der Waals surface area contributed by atoms with Crippen LogP contribution in [0.2, 0.25) is 0 Å². The van der Waals surface area contributed by atoms with Crippen LogP contribution in [0.3, 0.4) is 0 Å². The Morgan fingerprint density at radius 2 is 1.70 bits per heavy atom. The molecule has 1 fully saturated rings. The molecule has 0 spiro atoms. The third-order valence-electron chi connectivity index (χ3n) is 4.01. The zero-order valence-electron chi connectivity index (χ0n) is 12.7. The number of carbonyl (C=O) groups excluding carboxylic acids is 1. The Labute approximate surface area is 133 Å². The van der Waals surface area contributed by atoms with Gasteiger partial charge in [0.25, 0.3) is 0 Å². The first-order valence-corrected chi connectivity index (χ1v) is 7.32. The lowest BCUT2D eigenvalue weighted by Gasteiger charge is -2.50. The van der Waals surface area contributed by atoms with Gasteiger partial charge in [-0.1, -0.05) is 30.3 Å². The summed E-state index contributed by atoms with van der Waals surface area (Å²) in [5, 5.41) is 51.5. The number of rotatable bonds is 4. The van der Waals surface area contributed by atoms with Gasteiger partial charge in [-0.25, -0.2) is 0 Å². The summed E-state index contributed by atoms with van der Waals surface area (Å²) in [7, 11) is 0. The van der Waals surface area contributed by atoms with Gasteiger partial charge in [-0.3, -0.25) is 9.80 Å². The highest BCUT2D eigenvalue weighted by Crippen LogP contribution is 2.26. The standard InChI is InChI=1S/C15H22N2O6/c1-9(19)16(7-10-5-3-2-4-6-10)17-11(8-18)12(20)13(21)14(22)15(17)23/h2-6,11-15,18,20-23H,7-8H2,1H3/t11-,12-,13+,14-,15?/m1/s1. The van der Waals surface area contributed by atoms with Crippen molar-refractivity contribution in [1.29, 1.82) is 0 Å². The minimum absolute atomic E-state index is 0.0826. The first-order chi connectivity index (χ1) is 10.9. The molecular formula is C15H22N2O6. The largest absolute Gasteiger partial charge is 0.395 e. The fourth-order valence-electron chi connectivity index (χ4n) is 2.74. The van der Waals surface area contributed by atoms with Gasteiger partial charge in [0.15, 0.2) is 6.23 Å². The normalized spacial score (nSPS) is 31.8. The Balaban J connectivity index is 2.33. The molecule has 0 radical (unpaired) electrons. The fraction of sp³-hybridized carbons (Fsp3) is 0.533. The molecule has 1 heterocycles. The maximum atomic E-state index is 12.0. The van der Waals surface area contributed by atoms with E-state index in [0.29, 0.717) is 0 Å². The van der Waals surface area contributed by atoms with E-state index in [0.717, 1.165) is 15.6 Å². The van der Waals surface area contributed by atoms with Gasteiger partial charge in [0, 0.05) is 6.92 Å². The lowest BCUT2D eigenvalue weighted by atomic mass is 9.94. The SMILES string of the molecule is CC(=O)N(Cc1ccccc1)N1C(O)[C@H](O)[C@@H](O)[C@H](O)[C@H]1CO. The van der Waals surface area contributed by atoms with Crippen molar-refractivity contribution in [3.8, 4) is 0 Å². The summed E-state index contributed by atoms with van der Waals surface area (Å²) in [6, 6.07) is 7.83. The number of amides is 1. The Hall–Kier alpha value is -1.55. The third kappa shape index (κ3) is 3.52. The van der Waals surface area contributed by atoms with Crippen molar-refractivity contribution in [2.45, 2.75) is 44.1 Å². The molecule has 1 amide bonds. The minimum Gasteiger partial charge on any atom is -0.395 e. The van der Waals surface area contributed by atoms with Gasteiger partial charge in [0.1, 0.15) is 18.3 Å². The molecule has 128 valence electrons. The summed E-state index contributed by atoms with van der Waals surface area (Å²) in [6.45, 7) is 0.744. The number of hydrogen-bond acceptors (Lipinski definition) is 7. The summed E-state index contributed by atoms with van der Waals surface area (Å²) >= 11 is 0. The van der Waals surface area contributed by atoms with Crippen LogP contribution >= 0.6 is 0 Å². The number of hydrogen-bond donors (Lipinski definition) is 5. The van der Waals surface area contributed by atoms with Crippen LogP contribution in [-0.4, -0.2) is 78.6 Å². The highest BCUT2D eigenvalue weighted by Gasteiger charge is 2.49. The minimum atomic E-state index is -1.68. The molecule has 1 aliphatic rings. The third-order valence-corrected chi connectivity index (χ3v) is 4.01. The average molecular weight is 326 g/mol. The van der Waals surface area contributed by atoms with Crippen LogP contribution in [-0.2, 0) is 11.3 Å². The Morgan fingerprint density at radius 3 is 2.22 bits per heavy atom. The molecule has 8 heteroatoms. The molecule has 0 aliphatic carbocycles. The van der Waals surface area contributed by atoms with E-state index in [1.165, 1.54) is 6.92 Å². The van der Waals surface area contributed by atoms with Crippen molar-refractivity contribution in [3.05, 3.63) is 35.9 Å². The predicted octanol–water partition coefficient (Wildman–Crippen LogP) is -1.97. The van der Waals surface area contributed by atoms with Crippen molar-refractivity contribution in [1.82, 2.24) is 10.0 Å². The molecular weight excluding hydrogens is 304 g/mol. The molecule has 0 aromatic heterocycles. The average Bonchev–Trinajstić information content (AvgIpc) is 2.55. The molecule has 1 aromatic rings. The molecule has 1 aromatic carbocycles. The second kappa shape index (κ2) is 7.35. The van der Waals surface area contributed by atoms with Gasteiger partial charge in [0.05, 0.1) is 19.2 Å². The van der Waals surface area contributed by atoms with Gasteiger partial charge in [-0.2, -0.15) is 5.01 Å². The first kappa shape index (κ1) is 17.8. The predicted molar refractivity (Wildman–Crippen MR) is 79.4 cm³/mol. The highest BCUT2D eigenvalue weighted by molar-refractivity contribution is 5.72. The number of hydrazine groups is 1. The van der Waals surface area contributed by atoms with Crippen LogP contribution < -0.4 is 0 Å². The van der Waals surface area contributed by atoms with Crippen LogP contribution in [0.4, 0.5) is 0 Å². The number of piperidine rings is 1. The van der Waals surface area contributed by atoms with E-state index in [9.17, 15) is 30.3 Å². The van der Waals surface area contributed by atoms with E-state index in [4.69, 9.17) is 0 Å². The lowest BCUT2D eigenvalue weighted by molar-refractivity contribution is -0.278. The molecule has 1 saturated heterocycles. The Morgan fingerprint density at radius 1 is 1.09 bits per heavy atom. The molecule has 23 heavy (non-hydrogen) atoms. The molecule has 8 nitrogen and oxygen atoms in total. The second-order valence-electron chi connectivity index (χ2n) is 5.58. The zero-order valence-corrected chi connectivity index (χ0v) is 12.7. The van der Waals surface area contributed by atoms with Crippen LogP contribution in [0, 0.1) is 0 Å². The summed E-state index contributed by atoms with van der Waals surface area (Å²) in [4.78, 5) is 12.0. The molecule has 5 atom stereocenters. The van der Waals surface area contributed by atoms with E-state index in [1.807, 2.05) is 6.07 Å². The lowest BCUT2D eigenvalue weighted by Crippen LogP contribution is -2.71. The van der Waals surface area contributed by atoms with Gasteiger partial charge in [0.2, 0.25) is 5.91 Å². The van der Waals surface area contributed by atoms with E-state index in [2.05, 4.69) is 0 Å². The summed E-state index contributed by atoms with van der Waals surface area (Å²) < 4.78 is 0. The van der Waals surface area contributed by atoms with E-state index < -0.39 is 43.1 Å². The Bertz CT molecular complexity index is 528. The second-order valence-corrected chi connectivity index (χ2v) is 5.58. The maximum absolute atomic E-state index is 12.0. The number of nitrogens with zero attached hydrogens (tertiary/aromatic N) is 2. The van der Waals surface area contributed by atoms with Crippen molar-refractivity contribution in [2.75, 3.05) is 6.61 Å². The fourth-order valence-corrected chi connectivity index (χ4v) is 2.74. The number of aliphatic hydroxyl groups is 5. The first-order valence-electron chi connectivity index (χ1n) is 7.32. The van der Waals surface area contributed by atoms with Crippen molar-refractivity contribution in [2.24, 2.45) is 0 Å². The van der Waals surface area contributed by atoms with E-state index in [-0.39, 0.29) is 6.54 Å². The Kier molecular flexibility index (Phi) is 5.69. The maximum Gasteiger partial charge on any atom is 0.234 e. The molecule has 5 N–H and O–H groups in total. The van der Waals surface area contributed by atoms with Gasteiger partial charge in [-0.15, -0.1) is 0 Å². The van der Waals surface area contributed by atoms with Crippen molar-refractivity contribution < 1.29 is 30.3 Å². The van der Waals surface area contributed by atoms with E-state index in [1.54, 1.807) is 24.3 Å². The quantitative estimate of drug-likeness (QED) is 0.434. The topological polar surface area (TPSA) is 125 Å². The summed E-state index contributed by atoms with van der Waals surface area (Å²) in [5.41, 5.74) is 0.765. The molecule has 2 rings (SSSR count). The monoisotopic (exact) mass is 326 g/mol. The van der Waals surface area contributed by atoms with Crippen LogP contribution in [0.15, 0.2) is 30.3 Å². The summed E-state index contributed by atoms with van der Waals surface area (Å²) in [6.07, 6.45) is -6.46. The zero-order chi connectivity index (χ0) is 17.1. The molecule has 0 saturated carbocycles. The van der Waals surface area contributed by atoms with Gasteiger partial charge < -0.3 is 25.5 Å². The summed E-state index contributed by atoms with van der Waals surface area (Å²) in [5.74, 6) is -0.442. The number of carbonyl (C=O) groups is 1. The van der Waals surface area contributed by atoms with Crippen LogP contribution in [0.25, 0.3) is 0 Å². The highest BCUT2D eigenvalue weighted by atomic mass is 16.4. The smallest absolute Gasteiger partial charge is 0.234 e. The molecule has 1 aliphatic heterocycles. The number of benzene rings is 1. The van der Waals surface area contributed by atoms with Crippen molar-refractivity contribution >= 4 is 5.91 Å². The van der Waals surface area contributed by atoms with Gasteiger partial charge in [-0.05, 0) is 5.56 Å². The van der Waals surface area contributed by atoms with Crippen LogP contribution in [0.5, 0.6) is 0 Å². The molecule has 0 bridgehead atoms. The molecule has 1 unspecified atom stereocenters. The number of aliphatic hydroxyl groups excluding tert-OH is 5.